The van der Waals surface area contributed by atoms with Gasteiger partial charge in [0.05, 0.1) is 29.1 Å². The highest BCUT2D eigenvalue weighted by Gasteiger charge is 2.29. The second kappa shape index (κ2) is 8.19. The standard InChI is InChI=1S/C14H17ClN4O6/c1-16(2-3-17-4-6-25-7-5-17)14(20)10-8-11(15)13(19(23)24)9-12(10)18(21)22/h8-9H,2-7H2,1H3. The molecule has 0 unspecified atom stereocenters. The highest BCUT2D eigenvalue weighted by atomic mass is 35.5. The Kier molecular flexibility index (Phi) is 6.23. The molecule has 0 spiro atoms. The van der Waals surface area contributed by atoms with E-state index in [0.717, 1.165) is 19.2 Å². The zero-order valence-electron chi connectivity index (χ0n) is 13.5. The molecule has 0 radical (unpaired) electrons. The second-order valence-corrected chi connectivity index (χ2v) is 5.92. The molecule has 1 aromatic rings. The molecule has 1 fully saturated rings. The molecule has 1 heterocycles. The minimum absolute atomic E-state index is 0.273. The molecule has 1 saturated heterocycles. The molecule has 11 heteroatoms. The van der Waals surface area contributed by atoms with Crippen molar-refractivity contribution in [1.82, 2.24) is 9.80 Å². The summed E-state index contributed by atoms with van der Waals surface area (Å²) in [7, 11) is 1.52. The fraction of sp³-hybridized carbons (Fsp3) is 0.500. The summed E-state index contributed by atoms with van der Waals surface area (Å²) in [6, 6.07) is 1.69. The summed E-state index contributed by atoms with van der Waals surface area (Å²) >= 11 is 5.79. The molecule has 0 aromatic heterocycles. The van der Waals surface area contributed by atoms with Crippen LogP contribution in [0.3, 0.4) is 0 Å². The van der Waals surface area contributed by atoms with Gasteiger partial charge in [0.1, 0.15) is 10.6 Å². The first kappa shape index (κ1) is 19.0. The maximum atomic E-state index is 12.5. The van der Waals surface area contributed by atoms with E-state index < -0.39 is 27.1 Å². The smallest absolute Gasteiger partial charge is 0.294 e. The van der Waals surface area contributed by atoms with Gasteiger partial charge in [0.2, 0.25) is 0 Å². The van der Waals surface area contributed by atoms with Crippen LogP contribution in [-0.4, -0.2) is 72.0 Å². The number of benzene rings is 1. The summed E-state index contributed by atoms with van der Waals surface area (Å²) in [6.07, 6.45) is 0. The van der Waals surface area contributed by atoms with Gasteiger partial charge >= 0.3 is 0 Å². The molecule has 0 N–H and O–H groups in total. The zero-order chi connectivity index (χ0) is 18.6. The number of nitro benzene ring substituents is 2. The number of amides is 1. The molecule has 1 amide bonds. The van der Waals surface area contributed by atoms with Crippen molar-refractivity contribution >= 4 is 28.9 Å². The number of nitro groups is 2. The fourth-order valence-corrected chi connectivity index (χ4v) is 2.67. The molecule has 136 valence electrons. The van der Waals surface area contributed by atoms with Crippen LogP contribution in [0.2, 0.25) is 5.02 Å². The number of halogens is 1. The maximum absolute atomic E-state index is 12.5. The monoisotopic (exact) mass is 372 g/mol. The Balaban J connectivity index is 2.17. The van der Waals surface area contributed by atoms with Gasteiger partial charge in [-0.1, -0.05) is 11.6 Å². The number of morpholine rings is 1. The van der Waals surface area contributed by atoms with Gasteiger partial charge in [0, 0.05) is 33.2 Å². The number of rotatable bonds is 6. The lowest BCUT2D eigenvalue weighted by molar-refractivity contribution is -0.394. The molecule has 0 aliphatic carbocycles. The van der Waals surface area contributed by atoms with Crippen molar-refractivity contribution in [2.75, 3.05) is 46.4 Å². The molecule has 0 bridgehead atoms. The van der Waals surface area contributed by atoms with E-state index in [9.17, 15) is 25.0 Å². The number of likely N-dealkylation sites (N-methyl/N-ethyl adjacent to an activating group) is 1. The minimum Gasteiger partial charge on any atom is -0.379 e. The van der Waals surface area contributed by atoms with Crippen molar-refractivity contribution in [3.05, 3.63) is 42.9 Å². The van der Waals surface area contributed by atoms with Crippen molar-refractivity contribution in [1.29, 1.82) is 0 Å². The molecule has 0 saturated carbocycles. The topological polar surface area (TPSA) is 119 Å². The van der Waals surface area contributed by atoms with E-state index in [-0.39, 0.29) is 10.6 Å². The highest BCUT2D eigenvalue weighted by molar-refractivity contribution is 6.33. The predicted molar refractivity (Wildman–Crippen MR) is 89.0 cm³/mol. The quantitative estimate of drug-likeness (QED) is 0.549. The van der Waals surface area contributed by atoms with E-state index in [2.05, 4.69) is 4.90 Å². The summed E-state index contributed by atoms with van der Waals surface area (Å²) in [5.41, 5.74) is -1.52. The van der Waals surface area contributed by atoms with E-state index in [1.807, 2.05) is 0 Å². The maximum Gasteiger partial charge on any atom is 0.294 e. The SMILES string of the molecule is CN(CCN1CCOCC1)C(=O)c1cc(Cl)c([N+](=O)[O-])cc1[N+](=O)[O-]. The van der Waals surface area contributed by atoms with Gasteiger partial charge in [-0.3, -0.25) is 29.9 Å². The Hall–Kier alpha value is -2.30. The van der Waals surface area contributed by atoms with Crippen molar-refractivity contribution < 1.29 is 19.4 Å². The largest absolute Gasteiger partial charge is 0.379 e. The molecular formula is C14H17ClN4O6. The summed E-state index contributed by atoms with van der Waals surface area (Å²) in [4.78, 5) is 36.4. The van der Waals surface area contributed by atoms with Crippen molar-refractivity contribution in [2.45, 2.75) is 0 Å². The zero-order valence-corrected chi connectivity index (χ0v) is 14.3. The lowest BCUT2D eigenvalue weighted by Crippen LogP contribution is -2.42. The molecule has 2 rings (SSSR count). The van der Waals surface area contributed by atoms with E-state index in [1.165, 1.54) is 11.9 Å². The summed E-state index contributed by atoms with van der Waals surface area (Å²) in [5, 5.41) is 21.7. The van der Waals surface area contributed by atoms with Crippen molar-refractivity contribution in [3.8, 4) is 0 Å². The fourth-order valence-electron chi connectivity index (χ4n) is 2.44. The number of carbonyl (C=O) groups is 1. The van der Waals surface area contributed by atoms with E-state index in [0.29, 0.717) is 32.4 Å². The van der Waals surface area contributed by atoms with Crippen LogP contribution in [0, 0.1) is 20.2 Å². The van der Waals surface area contributed by atoms with Crippen LogP contribution >= 0.6 is 11.6 Å². The first-order valence-electron chi connectivity index (χ1n) is 7.49. The van der Waals surface area contributed by atoms with Gasteiger partial charge in [-0.05, 0) is 6.07 Å². The summed E-state index contributed by atoms with van der Waals surface area (Å²) in [6.45, 7) is 3.71. The first-order chi connectivity index (χ1) is 11.8. The Bertz CT molecular complexity index is 692. The predicted octanol–water partition coefficient (Wildman–Crippen LogP) is 1.56. The Labute approximate surface area is 148 Å². The summed E-state index contributed by atoms with van der Waals surface area (Å²) in [5.74, 6) is -0.614. The second-order valence-electron chi connectivity index (χ2n) is 5.52. The minimum atomic E-state index is -0.828. The van der Waals surface area contributed by atoms with Crippen LogP contribution in [0.4, 0.5) is 11.4 Å². The Morgan fingerprint density at radius 2 is 1.84 bits per heavy atom. The third-order valence-electron chi connectivity index (χ3n) is 3.89. The van der Waals surface area contributed by atoms with Crippen LogP contribution in [0.1, 0.15) is 10.4 Å². The molecule has 10 nitrogen and oxygen atoms in total. The van der Waals surface area contributed by atoms with E-state index in [4.69, 9.17) is 16.3 Å². The van der Waals surface area contributed by atoms with Gasteiger partial charge < -0.3 is 9.64 Å². The van der Waals surface area contributed by atoms with Crippen molar-refractivity contribution in [3.63, 3.8) is 0 Å². The van der Waals surface area contributed by atoms with Gasteiger partial charge in [0.25, 0.3) is 17.3 Å². The Morgan fingerprint density at radius 1 is 1.24 bits per heavy atom. The first-order valence-corrected chi connectivity index (χ1v) is 7.87. The number of hydrogen-bond donors (Lipinski definition) is 0. The van der Waals surface area contributed by atoms with Gasteiger partial charge in [-0.25, -0.2) is 0 Å². The highest BCUT2D eigenvalue weighted by Crippen LogP contribution is 2.32. The lowest BCUT2D eigenvalue weighted by atomic mass is 10.1. The van der Waals surface area contributed by atoms with Crippen LogP contribution < -0.4 is 0 Å². The van der Waals surface area contributed by atoms with Crippen LogP contribution in [0.15, 0.2) is 12.1 Å². The van der Waals surface area contributed by atoms with Crippen molar-refractivity contribution in [2.24, 2.45) is 0 Å². The van der Waals surface area contributed by atoms with E-state index >= 15 is 0 Å². The number of carbonyl (C=O) groups excluding carboxylic acids is 1. The van der Waals surface area contributed by atoms with Crippen LogP contribution in [0.5, 0.6) is 0 Å². The molecule has 1 aliphatic heterocycles. The number of ether oxygens (including phenoxy) is 1. The van der Waals surface area contributed by atoms with Gasteiger partial charge in [0.15, 0.2) is 0 Å². The van der Waals surface area contributed by atoms with E-state index in [1.54, 1.807) is 0 Å². The average Bonchev–Trinajstić information content (AvgIpc) is 2.59. The normalized spacial score (nSPS) is 15.0. The van der Waals surface area contributed by atoms with Gasteiger partial charge in [-0.2, -0.15) is 0 Å². The van der Waals surface area contributed by atoms with Crippen LogP contribution in [-0.2, 0) is 4.74 Å². The molecule has 25 heavy (non-hydrogen) atoms. The lowest BCUT2D eigenvalue weighted by Gasteiger charge is -2.28. The van der Waals surface area contributed by atoms with Gasteiger partial charge in [-0.15, -0.1) is 0 Å². The third kappa shape index (κ3) is 4.62. The van der Waals surface area contributed by atoms with Crippen LogP contribution in [0.25, 0.3) is 0 Å². The number of nitrogens with zero attached hydrogens (tertiary/aromatic N) is 4. The molecular weight excluding hydrogens is 356 g/mol. The molecule has 1 aliphatic rings. The Morgan fingerprint density at radius 3 is 2.40 bits per heavy atom. The molecule has 0 atom stereocenters. The average molecular weight is 373 g/mol. The summed E-state index contributed by atoms with van der Waals surface area (Å²) < 4.78 is 5.24. The molecule has 1 aromatic carbocycles. The number of hydrogen-bond acceptors (Lipinski definition) is 7. The third-order valence-corrected chi connectivity index (χ3v) is 4.19.